The highest BCUT2D eigenvalue weighted by Crippen LogP contribution is 2.65. The Balaban J connectivity index is 1.50. The molecule has 0 aromatic heterocycles. The maximum Gasteiger partial charge on any atom is 0.254 e. The Morgan fingerprint density at radius 2 is 1.95 bits per heavy atom. The van der Waals surface area contributed by atoms with E-state index in [0.717, 1.165) is 11.8 Å². The molecule has 4 atom stereocenters. The van der Waals surface area contributed by atoms with Crippen LogP contribution >= 0.6 is 0 Å². The smallest absolute Gasteiger partial charge is 0.254 e. The highest BCUT2D eigenvalue weighted by atomic mass is 19.1. The molecule has 3 nitrogen and oxygen atoms in total. The van der Waals surface area contributed by atoms with E-state index in [4.69, 9.17) is 5.73 Å². The van der Waals surface area contributed by atoms with E-state index in [1.54, 1.807) is 0 Å². The van der Waals surface area contributed by atoms with Crippen LogP contribution in [0.25, 0.3) is 0 Å². The van der Waals surface area contributed by atoms with Crippen LogP contribution in [0.3, 0.4) is 0 Å². The highest BCUT2D eigenvalue weighted by molar-refractivity contribution is 5.95. The second-order valence-corrected chi connectivity index (χ2v) is 6.23. The van der Waals surface area contributed by atoms with Gasteiger partial charge in [-0.05, 0) is 61.1 Å². The Hall–Kier alpha value is -1.58. The molecule has 4 unspecified atom stereocenters. The quantitative estimate of drug-likeness (QED) is 0.801. The van der Waals surface area contributed by atoms with Crippen molar-refractivity contribution in [2.75, 3.05) is 5.73 Å². The molecule has 3 N–H and O–H groups in total. The third kappa shape index (κ3) is 1.58. The molecule has 19 heavy (non-hydrogen) atoms. The van der Waals surface area contributed by atoms with Crippen molar-refractivity contribution >= 4 is 11.6 Å². The van der Waals surface area contributed by atoms with E-state index in [2.05, 4.69) is 5.32 Å². The Morgan fingerprint density at radius 1 is 1.26 bits per heavy atom. The lowest BCUT2D eigenvalue weighted by atomic mass is 10.0. The van der Waals surface area contributed by atoms with E-state index < -0.39 is 5.82 Å². The first-order valence-electron chi connectivity index (χ1n) is 7.01. The van der Waals surface area contributed by atoms with E-state index >= 15 is 0 Å². The molecule has 3 aliphatic rings. The molecule has 4 rings (SSSR count). The fraction of sp³-hybridized carbons (Fsp3) is 0.533. The summed E-state index contributed by atoms with van der Waals surface area (Å²) in [5, 5.41) is 3.01. The zero-order valence-corrected chi connectivity index (χ0v) is 10.6. The van der Waals surface area contributed by atoms with Crippen molar-refractivity contribution in [2.45, 2.75) is 25.3 Å². The molecule has 4 heteroatoms. The second kappa shape index (κ2) is 3.71. The fourth-order valence-electron chi connectivity index (χ4n) is 4.46. The van der Waals surface area contributed by atoms with Crippen molar-refractivity contribution in [3.05, 3.63) is 29.6 Å². The molecule has 3 aliphatic carbocycles. The Morgan fingerprint density at radius 3 is 2.63 bits per heavy atom. The van der Waals surface area contributed by atoms with Crippen LogP contribution in [-0.2, 0) is 0 Å². The van der Waals surface area contributed by atoms with Gasteiger partial charge in [0.05, 0.1) is 5.56 Å². The van der Waals surface area contributed by atoms with Crippen molar-refractivity contribution in [1.29, 1.82) is 0 Å². The minimum Gasteiger partial charge on any atom is -0.399 e. The molecule has 0 saturated heterocycles. The summed E-state index contributed by atoms with van der Waals surface area (Å²) in [6, 6.07) is 4.41. The maximum atomic E-state index is 13.6. The molecular formula is C15H17FN2O. The van der Waals surface area contributed by atoms with Crippen molar-refractivity contribution in [1.82, 2.24) is 5.32 Å². The number of halogens is 1. The average Bonchev–Trinajstić information content (AvgIpc) is 2.80. The molecule has 0 spiro atoms. The van der Waals surface area contributed by atoms with Gasteiger partial charge in [-0.25, -0.2) is 4.39 Å². The van der Waals surface area contributed by atoms with Crippen LogP contribution in [0.4, 0.5) is 10.1 Å². The van der Waals surface area contributed by atoms with Gasteiger partial charge in [-0.15, -0.1) is 0 Å². The SMILES string of the molecule is Nc1ccc(F)c(C(=O)NC2C3C4CCC(C4)C23)c1. The lowest BCUT2D eigenvalue weighted by Gasteiger charge is -2.11. The third-order valence-electron chi connectivity index (χ3n) is 5.27. The third-order valence-corrected chi connectivity index (χ3v) is 5.27. The number of carbonyl (C=O) groups is 1. The number of nitrogens with one attached hydrogen (secondary N) is 1. The molecule has 0 radical (unpaired) electrons. The van der Waals surface area contributed by atoms with Crippen LogP contribution in [-0.4, -0.2) is 11.9 Å². The van der Waals surface area contributed by atoms with Gasteiger partial charge in [-0.2, -0.15) is 0 Å². The van der Waals surface area contributed by atoms with Crippen LogP contribution in [0.5, 0.6) is 0 Å². The number of anilines is 1. The van der Waals surface area contributed by atoms with Crippen LogP contribution in [0.1, 0.15) is 29.6 Å². The Labute approximate surface area is 111 Å². The number of hydrogen-bond donors (Lipinski definition) is 2. The zero-order valence-electron chi connectivity index (χ0n) is 10.6. The number of nitrogen functional groups attached to an aromatic ring is 1. The van der Waals surface area contributed by atoms with Gasteiger partial charge in [0.25, 0.3) is 5.91 Å². The van der Waals surface area contributed by atoms with Crippen LogP contribution in [0.15, 0.2) is 18.2 Å². The lowest BCUT2D eigenvalue weighted by Crippen LogP contribution is -2.30. The zero-order chi connectivity index (χ0) is 13.1. The molecule has 1 amide bonds. The largest absolute Gasteiger partial charge is 0.399 e. The molecular weight excluding hydrogens is 243 g/mol. The minimum atomic E-state index is -0.500. The summed E-state index contributed by atoms with van der Waals surface area (Å²) in [6.07, 6.45) is 3.96. The number of rotatable bonds is 2. The van der Waals surface area contributed by atoms with Gasteiger partial charge in [0.2, 0.25) is 0 Å². The summed E-state index contributed by atoms with van der Waals surface area (Å²) >= 11 is 0. The van der Waals surface area contributed by atoms with Crippen LogP contribution < -0.4 is 11.1 Å². The first kappa shape index (κ1) is 11.3. The van der Waals surface area contributed by atoms with E-state index in [9.17, 15) is 9.18 Å². The topological polar surface area (TPSA) is 55.1 Å². The standard InChI is InChI=1S/C15H17FN2O/c16-11-4-3-9(17)6-10(11)15(19)18-14-12-7-1-2-8(5-7)13(12)14/h3-4,6-8,12-14H,1-2,5,17H2,(H,18,19). The van der Waals surface area contributed by atoms with Gasteiger partial charge in [-0.3, -0.25) is 4.79 Å². The predicted octanol–water partition coefficient (Wildman–Crippen LogP) is 2.18. The first-order chi connectivity index (χ1) is 9.15. The summed E-state index contributed by atoms with van der Waals surface area (Å²) in [6.45, 7) is 0. The van der Waals surface area contributed by atoms with E-state index in [0.29, 0.717) is 17.5 Å². The van der Waals surface area contributed by atoms with Gasteiger partial charge in [0.15, 0.2) is 0 Å². The van der Waals surface area contributed by atoms with Gasteiger partial charge >= 0.3 is 0 Å². The summed E-state index contributed by atoms with van der Waals surface area (Å²) < 4.78 is 13.6. The van der Waals surface area contributed by atoms with Gasteiger partial charge in [0, 0.05) is 11.7 Å². The molecule has 1 aromatic rings. The Kier molecular flexibility index (Phi) is 2.20. The molecule has 1 aromatic carbocycles. The van der Waals surface area contributed by atoms with Crippen molar-refractivity contribution in [3.8, 4) is 0 Å². The monoisotopic (exact) mass is 260 g/mol. The minimum absolute atomic E-state index is 0.0670. The van der Waals surface area contributed by atoms with Gasteiger partial charge in [0.1, 0.15) is 5.82 Å². The number of carbonyl (C=O) groups excluding carboxylic acids is 1. The van der Waals surface area contributed by atoms with Crippen LogP contribution in [0.2, 0.25) is 0 Å². The van der Waals surface area contributed by atoms with E-state index in [-0.39, 0.29) is 17.5 Å². The number of hydrogen-bond acceptors (Lipinski definition) is 2. The van der Waals surface area contributed by atoms with Crippen molar-refractivity contribution in [2.24, 2.45) is 23.7 Å². The van der Waals surface area contributed by atoms with Crippen LogP contribution in [0, 0.1) is 29.5 Å². The number of nitrogens with two attached hydrogens (primary N) is 1. The lowest BCUT2D eigenvalue weighted by molar-refractivity contribution is 0.0940. The molecule has 2 bridgehead atoms. The number of benzene rings is 1. The van der Waals surface area contributed by atoms with Gasteiger partial charge in [-0.1, -0.05) is 0 Å². The van der Waals surface area contributed by atoms with Gasteiger partial charge < -0.3 is 11.1 Å². The molecule has 3 saturated carbocycles. The van der Waals surface area contributed by atoms with E-state index in [1.165, 1.54) is 37.5 Å². The molecule has 0 aliphatic heterocycles. The fourth-order valence-corrected chi connectivity index (χ4v) is 4.46. The summed E-state index contributed by atoms with van der Waals surface area (Å²) in [5.41, 5.74) is 6.10. The maximum absolute atomic E-state index is 13.6. The summed E-state index contributed by atoms with van der Waals surface area (Å²) in [5.74, 6) is 2.10. The number of fused-ring (bicyclic) bond motifs is 5. The number of amides is 1. The predicted molar refractivity (Wildman–Crippen MR) is 69.9 cm³/mol. The molecule has 0 heterocycles. The second-order valence-electron chi connectivity index (χ2n) is 6.23. The normalized spacial score (nSPS) is 38.1. The van der Waals surface area contributed by atoms with Crippen molar-refractivity contribution in [3.63, 3.8) is 0 Å². The highest BCUT2D eigenvalue weighted by Gasteiger charge is 2.65. The summed E-state index contributed by atoms with van der Waals surface area (Å²) in [4.78, 5) is 12.1. The summed E-state index contributed by atoms with van der Waals surface area (Å²) in [7, 11) is 0. The average molecular weight is 260 g/mol. The Bertz CT molecular complexity index is 543. The molecule has 3 fully saturated rings. The van der Waals surface area contributed by atoms with E-state index in [1.807, 2.05) is 0 Å². The van der Waals surface area contributed by atoms with Crippen molar-refractivity contribution < 1.29 is 9.18 Å². The molecule has 100 valence electrons. The first-order valence-corrected chi connectivity index (χ1v) is 7.01.